The van der Waals surface area contributed by atoms with Gasteiger partial charge in [0.15, 0.2) is 6.10 Å². The van der Waals surface area contributed by atoms with Crippen molar-refractivity contribution < 1.29 is 19.4 Å². The van der Waals surface area contributed by atoms with Crippen molar-refractivity contribution in [2.24, 2.45) is 0 Å². The smallest absolute Gasteiger partial charge is 0.342 e. The van der Waals surface area contributed by atoms with E-state index in [2.05, 4.69) is 4.98 Å². The molecule has 5 heteroatoms. The molecule has 128 valence electrons. The van der Waals surface area contributed by atoms with Gasteiger partial charge in [0, 0.05) is 22.2 Å². The molecule has 0 amide bonds. The lowest BCUT2D eigenvalue weighted by molar-refractivity contribution is 0.0316. The Bertz CT molecular complexity index is 971. The van der Waals surface area contributed by atoms with Crippen LogP contribution < -0.4 is 0 Å². The number of aryl methyl sites for hydroxylation is 2. The number of phenolic OH excluding ortho intramolecular Hbond substituents is 1. The van der Waals surface area contributed by atoms with Crippen LogP contribution in [0.1, 0.15) is 38.9 Å². The fraction of sp³-hybridized carbons (Fsp3) is 0.200. The molecule has 0 fully saturated rings. The molecule has 1 atom stereocenters. The van der Waals surface area contributed by atoms with Crippen LogP contribution in [-0.4, -0.2) is 27.9 Å². The van der Waals surface area contributed by atoms with Gasteiger partial charge in [-0.15, -0.1) is 0 Å². The number of hydrogen-bond donors (Lipinski definition) is 2. The molecular formula is C20H19NO4. The van der Waals surface area contributed by atoms with Crippen LogP contribution in [0.4, 0.5) is 0 Å². The number of rotatable bonds is 4. The molecule has 0 saturated heterocycles. The van der Waals surface area contributed by atoms with E-state index >= 15 is 0 Å². The molecule has 0 spiro atoms. The summed E-state index contributed by atoms with van der Waals surface area (Å²) in [6.45, 7) is 5.04. The summed E-state index contributed by atoms with van der Waals surface area (Å²) in [4.78, 5) is 28.3. The number of fused-ring (bicyclic) bond motifs is 1. The van der Waals surface area contributed by atoms with Crippen molar-refractivity contribution in [3.8, 4) is 5.75 Å². The maximum atomic E-state index is 12.8. The Morgan fingerprint density at radius 2 is 1.80 bits per heavy atom. The number of H-pyrrole nitrogens is 1. The minimum atomic E-state index is -0.967. The number of aromatic nitrogens is 1. The van der Waals surface area contributed by atoms with Crippen molar-refractivity contribution in [1.29, 1.82) is 0 Å². The Balaban J connectivity index is 1.86. The van der Waals surface area contributed by atoms with Crippen LogP contribution >= 0.6 is 0 Å². The standard InChI is InChI=1S/C20H19NO4/c1-11-7-6-9-15(18(11)22)20(24)25-13(3)19(23)17-12(2)21-16-10-5-4-8-14(16)17/h4-10,13,21-22H,1-3H3. The summed E-state index contributed by atoms with van der Waals surface area (Å²) >= 11 is 0. The average molecular weight is 337 g/mol. The highest BCUT2D eigenvalue weighted by atomic mass is 16.5. The number of esters is 1. The molecule has 2 N–H and O–H groups in total. The van der Waals surface area contributed by atoms with Crippen molar-refractivity contribution >= 4 is 22.7 Å². The zero-order valence-electron chi connectivity index (χ0n) is 14.3. The molecule has 3 rings (SSSR count). The second kappa shape index (κ2) is 6.43. The molecule has 0 aliphatic heterocycles. The van der Waals surface area contributed by atoms with Crippen LogP contribution in [0.3, 0.4) is 0 Å². The number of hydrogen-bond acceptors (Lipinski definition) is 4. The van der Waals surface area contributed by atoms with Crippen molar-refractivity contribution in [3.63, 3.8) is 0 Å². The van der Waals surface area contributed by atoms with Gasteiger partial charge < -0.3 is 14.8 Å². The van der Waals surface area contributed by atoms with E-state index in [1.165, 1.54) is 13.0 Å². The summed E-state index contributed by atoms with van der Waals surface area (Å²) in [5, 5.41) is 10.8. The molecule has 1 aromatic heterocycles. The predicted molar refractivity (Wildman–Crippen MR) is 95.1 cm³/mol. The number of carbonyl (C=O) groups excluding carboxylic acids is 2. The maximum Gasteiger partial charge on any atom is 0.342 e. The first-order valence-corrected chi connectivity index (χ1v) is 8.01. The molecule has 2 aromatic carbocycles. The van der Waals surface area contributed by atoms with Gasteiger partial charge in [-0.1, -0.05) is 30.3 Å². The van der Waals surface area contributed by atoms with E-state index in [0.717, 1.165) is 16.6 Å². The SMILES string of the molecule is Cc1cccc(C(=O)OC(C)C(=O)c2c(C)[nH]c3ccccc23)c1O. The minimum absolute atomic E-state index is 0.0512. The lowest BCUT2D eigenvalue weighted by Crippen LogP contribution is -2.25. The number of Topliss-reactive ketones (excluding diaryl/α,β-unsaturated/α-hetero) is 1. The molecule has 0 radical (unpaired) electrons. The molecule has 1 heterocycles. The molecule has 3 aromatic rings. The molecule has 0 aliphatic rings. The molecule has 5 nitrogen and oxygen atoms in total. The third-order valence-electron chi connectivity index (χ3n) is 4.25. The number of nitrogens with one attached hydrogen (secondary N) is 1. The number of phenols is 1. The first-order chi connectivity index (χ1) is 11.9. The lowest BCUT2D eigenvalue weighted by atomic mass is 10.0. The first kappa shape index (κ1) is 16.8. The Labute approximate surface area is 145 Å². The number of benzene rings is 2. The van der Waals surface area contributed by atoms with Crippen LogP contribution in [0.5, 0.6) is 5.75 Å². The second-order valence-corrected chi connectivity index (χ2v) is 6.05. The zero-order valence-corrected chi connectivity index (χ0v) is 14.3. The highest BCUT2D eigenvalue weighted by Gasteiger charge is 2.25. The fourth-order valence-electron chi connectivity index (χ4n) is 2.90. The van der Waals surface area contributed by atoms with Crippen LogP contribution in [0.2, 0.25) is 0 Å². The lowest BCUT2D eigenvalue weighted by Gasteiger charge is -2.14. The summed E-state index contributed by atoms with van der Waals surface area (Å²) in [7, 11) is 0. The van der Waals surface area contributed by atoms with E-state index in [1.807, 2.05) is 31.2 Å². The summed E-state index contributed by atoms with van der Waals surface area (Å²) in [6.07, 6.45) is -0.967. The fourth-order valence-corrected chi connectivity index (χ4v) is 2.90. The Morgan fingerprint density at radius 1 is 1.08 bits per heavy atom. The highest BCUT2D eigenvalue weighted by Crippen LogP contribution is 2.26. The molecule has 1 unspecified atom stereocenters. The molecule has 0 bridgehead atoms. The summed E-state index contributed by atoms with van der Waals surface area (Å²) in [5.41, 5.74) is 2.73. The van der Waals surface area contributed by atoms with Crippen molar-refractivity contribution in [2.45, 2.75) is 26.9 Å². The third kappa shape index (κ3) is 3.01. The Hall–Kier alpha value is -3.08. The Kier molecular flexibility index (Phi) is 4.31. The largest absolute Gasteiger partial charge is 0.507 e. The van der Waals surface area contributed by atoms with Gasteiger partial charge in [0.1, 0.15) is 11.3 Å². The normalized spacial score (nSPS) is 12.1. The number of carbonyl (C=O) groups is 2. The van der Waals surface area contributed by atoms with Crippen LogP contribution in [-0.2, 0) is 4.74 Å². The maximum absolute atomic E-state index is 12.8. The van der Waals surface area contributed by atoms with Gasteiger partial charge in [-0.25, -0.2) is 4.79 Å². The van der Waals surface area contributed by atoms with Gasteiger partial charge in [0.25, 0.3) is 0 Å². The van der Waals surface area contributed by atoms with Crippen molar-refractivity contribution in [2.75, 3.05) is 0 Å². The van der Waals surface area contributed by atoms with E-state index < -0.39 is 12.1 Å². The van der Waals surface area contributed by atoms with E-state index in [4.69, 9.17) is 4.74 Å². The summed E-state index contributed by atoms with van der Waals surface area (Å²) < 4.78 is 5.30. The number of ketones is 1. The van der Waals surface area contributed by atoms with Crippen LogP contribution in [0.15, 0.2) is 42.5 Å². The van der Waals surface area contributed by atoms with E-state index in [9.17, 15) is 14.7 Å². The van der Waals surface area contributed by atoms with Gasteiger partial charge in [-0.05, 0) is 38.5 Å². The quantitative estimate of drug-likeness (QED) is 0.559. The van der Waals surface area contributed by atoms with E-state index in [-0.39, 0.29) is 17.1 Å². The molecule has 25 heavy (non-hydrogen) atoms. The van der Waals surface area contributed by atoms with Gasteiger partial charge in [0.2, 0.25) is 5.78 Å². The van der Waals surface area contributed by atoms with Crippen molar-refractivity contribution in [1.82, 2.24) is 4.98 Å². The third-order valence-corrected chi connectivity index (χ3v) is 4.25. The summed E-state index contributed by atoms with van der Waals surface area (Å²) in [5.74, 6) is -1.13. The molecule has 0 aliphatic carbocycles. The number of aromatic amines is 1. The Morgan fingerprint density at radius 3 is 2.56 bits per heavy atom. The zero-order chi connectivity index (χ0) is 18.1. The molecular weight excluding hydrogens is 318 g/mol. The highest BCUT2D eigenvalue weighted by molar-refractivity contribution is 6.11. The number of para-hydroxylation sites is 2. The average Bonchev–Trinajstić information content (AvgIpc) is 2.92. The van der Waals surface area contributed by atoms with Crippen molar-refractivity contribution in [3.05, 3.63) is 64.8 Å². The van der Waals surface area contributed by atoms with Gasteiger partial charge in [0.05, 0.1) is 0 Å². The predicted octanol–water partition coefficient (Wildman–Crippen LogP) is 3.92. The monoisotopic (exact) mass is 337 g/mol. The number of aromatic hydroxyl groups is 1. The van der Waals surface area contributed by atoms with Gasteiger partial charge >= 0.3 is 5.97 Å². The van der Waals surface area contributed by atoms with Crippen LogP contribution in [0, 0.1) is 13.8 Å². The molecule has 0 saturated carbocycles. The minimum Gasteiger partial charge on any atom is -0.507 e. The van der Waals surface area contributed by atoms with E-state index in [1.54, 1.807) is 19.1 Å². The van der Waals surface area contributed by atoms with Gasteiger partial charge in [-0.2, -0.15) is 0 Å². The topological polar surface area (TPSA) is 79.4 Å². The number of ether oxygens (including phenoxy) is 1. The summed E-state index contributed by atoms with van der Waals surface area (Å²) in [6, 6.07) is 12.3. The van der Waals surface area contributed by atoms with Crippen LogP contribution in [0.25, 0.3) is 10.9 Å². The van der Waals surface area contributed by atoms with Gasteiger partial charge in [-0.3, -0.25) is 4.79 Å². The first-order valence-electron chi connectivity index (χ1n) is 8.01. The second-order valence-electron chi connectivity index (χ2n) is 6.05. The van der Waals surface area contributed by atoms with E-state index in [0.29, 0.717) is 11.1 Å².